The van der Waals surface area contributed by atoms with Gasteiger partial charge in [-0.3, -0.25) is 4.79 Å². The third kappa shape index (κ3) is 2.81. The Hall–Kier alpha value is -1.92. The molecule has 0 bridgehead atoms. The van der Waals surface area contributed by atoms with Crippen molar-refractivity contribution >= 4 is 17.6 Å². The van der Waals surface area contributed by atoms with Crippen molar-refractivity contribution in [2.24, 2.45) is 5.73 Å². The number of carbonyl (C=O) groups excluding carboxylic acids is 1. The second kappa shape index (κ2) is 6.02. The molecule has 1 unspecified atom stereocenters. The normalized spacial score (nSPS) is 15.0. The Morgan fingerprint density at radius 1 is 1.50 bits per heavy atom. The largest absolute Gasteiger partial charge is 0.478 e. The van der Waals surface area contributed by atoms with E-state index in [2.05, 4.69) is 0 Å². The number of carbonyl (C=O) groups is 2. The second-order valence-electron chi connectivity index (χ2n) is 4.78. The fraction of sp³-hybridized carbons (Fsp3) is 0.429. The molecule has 6 nitrogen and oxygen atoms in total. The number of anilines is 1. The van der Waals surface area contributed by atoms with Gasteiger partial charge in [-0.25, -0.2) is 4.79 Å². The minimum absolute atomic E-state index is 0.149. The van der Waals surface area contributed by atoms with Crippen molar-refractivity contribution in [1.82, 2.24) is 0 Å². The van der Waals surface area contributed by atoms with Gasteiger partial charge < -0.3 is 20.5 Å². The van der Waals surface area contributed by atoms with Crippen molar-refractivity contribution in [3.8, 4) is 0 Å². The molecule has 3 N–H and O–H groups in total. The first kappa shape index (κ1) is 14.5. The summed E-state index contributed by atoms with van der Waals surface area (Å²) in [5.41, 5.74) is 7.72. The third-order valence-electron chi connectivity index (χ3n) is 3.44. The Kier molecular flexibility index (Phi) is 4.36. The molecule has 0 radical (unpaired) electrons. The van der Waals surface area contributed by atoms with Gasteiger partial charge in [-0.15, -0.1) is 0 Å². The lowest BCUT2D eigenvalue weighted by Gasteiger charge is -2.21. The molecule has 0 saturated heterocycles. The number of carboxylic acids is 1. The van der Waals surface area contributed by atoms with E-state index in [-0.39, 0.29) is 11.5 Å². The summed E-state index contributed by atoms with van der Waals surface area (Å²) in [6.07, 6.45) is 1.12. The van der Waals surface area contributed by atoms with Crippen LogP contribution in [0.3, 0.4) is 0 Å². The Morgan fingerprint density at radius 3 is 2.90 bits per heavy atom. The van der Waals surface area contributed by atoms with E-state index in [1.807, 2.05) is 0 Å². The Balaban J connectivity index is 2.15. The number of fused-ring (bicyclic) bond motifs is 1. The van der Waals surface area contributed by atoms with Crippen LogP contribution in [0.1, 0.15) is 22.3 Å². The molecule has 0 spiro atoms. The Morgan fingerprint density at radius 2 is 2.25 bits per heavy atom. The standard InChI is InChI=1S/C14H18N2O4/c1-20-7-5-11(15)13(17)16-6-4-9-8-10(14(18)19)2-3-12(9)16/h2-3,8,11H,4-7,15H2,1H3,(H,18,19). The number of aromatic carboxylic acids is 1. The maximum Gasteiger partial charge on any atom is 0.335 e. The number of amides is 1. The van der Waals surface area contributed by atoms with E-state index in [1.54, 1.807) is 24.1 Å². The van der Waals surface area contributed by atoms with Crippen molar-refractivity contribution in [2.45, 2.75) is 18.9 Å². The summed E-state index contributed by atoms with van der Waals surface area (Å²) in [4.78, 5) is 24.8. The first-order chi connectivity index (χ1) is 9.54. The number of ether oxygens (including phenoxy) is 1. The smallest absolute Gasteiger partial charge is 0.335 e. The number of hydrogen-bond acceptors (Lipinski definition) is 4. The molecule has 20 heavy (non-hydrogen) atoms. The molecular weight excluding hydrogens is 260 g/mol. The molecule has 0 aromatic heterocycles. The molecule has 0 saturated carbocycles. The van der Waals surface area contributed by atoms with Crippen molar-refractivity contribution in [1.29, 1.82) is 0 Å². The van der Waals surface area contributed by atoms with E-state index in [4.69, 9.17) is 15.6 Å². The van der Waals surface area contributed by atoms with E-state index in [0.717, 1.165) is 11.3 Å². The molecule has 1 aromatic rings. The quantitative estimate of drug-likeness (QED) is 0.824. The summed E-state index contributed by atoms with van der Waals surface area (Å²) in [6, 6.07) is 4.20. The average molecular weight is 278 g/mol. The summed E-state index contributed by atoms with van der Waals surface area (Å²) in [5, 5.41) is 8.96. The molecule has 2 rings (SSSR count). The van der Waals surface area contributed by atoms with Gasteiger partial charge in [0.15, 0.2) is 0 Å². The number of nitrogens with two attached hydrogens (primary N) is 1. The van der Waals surface area contributed by atoms with Crippen LogP contribution in [0, 0.1) is 0 Å². The lowest BCUT2D eigenvalue weighted by molar-refractivity contribution is -0.120. The minimum Gasteiger partial charge on any atom is -0.478 e. The van der Waals surface area contributed by atoms with E-state index >= 15 is 0 Å². The summed E-state index contributed by atoms with van der Waals surface area (Å²) < 4.78 is 4.92. The molecule has 6 heteroatoms. The third-order valence-corrected chi connectivity index (χ3v) is 3.44. The fourth-order valence-electron chi connectivity index (χ4n) is 2.33. The fourth-order valence-corrected chi connectivity index (χ4v) is 2.33. The maximum absolute atomic E-state index is 12.3. The van der Waals surface area contributed by atoms with E-state index in [1.165, 1.54) is 6.07 Å². The molecule has 1 heterocycles. The zero-order valence-corrected chi connectivity index (χ0v) is 11.3. The van der Waals surface area contributed by atoms with Gasteiger partial charge in [0, 0.05) is 25.9 Å². The van der Waals surface area contributed by atoms with Crippen molar-refractivity contribution in [3.63, 3.8) is 0 Å². The van der Waals surface area contributed by atoms with E-state index in [9.17, 15) is 9.59 Å². The van der Waals surface area contributed by atoms with Gasteiger partial charge in [0.2, 0.25) is 5.91 Å². The highest BCUT2D eigenvalue weighted by Gasteiger charge is 2.28. The van der Waals surface area contributed by atoms with Crippen molar-refractivity contribution < 1.29 is 19.4 Å². The van der Waals surface area contributed by atoms with Crippen LogP contribution in [0.4, 0.5) is 5.69 Å². The van der Waals surface area contributed by atoms with Crippen molar-refractivity contribution in [2.75, 3.05) is 25.2 Å². The van der Waals surface area contributed by atoms with Crippen LogP contribution < -0.4 is 10.6 Å². The van der Waals surface area contributed by atoms with E-state index < -0.39 is 12.0 Å². The molecule has 0 fully saturated rings. The SMILES string of the molecule is COCCC(N)C(=O)N1CCc2cc(C(=O)O)ccc21. The Labute approximate surface area is 117 Å². The molecule has 0 aliphatic carbocycles. The number of nitrogens with zero attached hydrogens (tertiary/aromatic N) is 1. The van der Waals surface area contributed by atoms with Crippen LogP contribution in [0.25, 0.3) is 0 Å². The van der Waals surface area contributed by atoms with Gasteiger partial charge in [-0.05, 0) is 36.6 Å². The first-order valence-corrected chi connectivity index (χ1v) is 6.46. The predicted molar refractivity (Wildman–Crippen MR) is 73.9 cm³/mol. The summed E-state index contributed by atoms with van der Waals surface area (Å²) >= 11 is 0. The molecule has 1 aliphatic heterocycles. The van der Waals surface area contributed by atoms with Crippen LogP contribution >= 0.6 is 0 Å². The zero-order chi connectivity index (χ0) is 14.7. The summed E-state index contributed by atoms with van der Waals surface area (Å²) in [5.74, 6) is -1.11. The first-order valence-electron chi connectivity index (χ1n) is 6.46. The average Bonchev–Trinajstić information content (AvgIpc) is 2.86. The van der Waals surface area contributed by atoms with Crippen LogP contribution in [0.5, 0.6) is 0 Å². The van der Waals surface area contributed by atoms with Gasteiger partial charge in [-0.1, -0.05) is 0 Å². The molecule has 1 atom stereocenters. The number of rotatable bonds is 5. The van der Waals surface area contributed by atoms with E-state index in [0.29, 0.717) is 26.0 Å². The molecule has 1 aromatic carbocycles. The zero-order valence-electron chi connectivity index (χ0n) is 11.3. The topological polar surface area (TPSA) is 92.9 Å². The molecule has 1 amide bonds. The number of carboxylic acid groups (broad SMARTS) is 1. The highest BCUT2D eigenvalue weighted by Crippen LogP contribution is 2.29. The minimum atomic E-state index is -0.964. The number of hydrogen-bond donors (Lipinski definition) is 2. The van der Waals surface area contributed by atoms with Crippen LogP contribution in [0.15, 0.2) is 18.2 Å². The summed E-state index contributed by atoms with van der Waals surface area (Å²) in [7, 11) is 1.57. The number of methoxy groups -OCH3 is 1. The lowest BCUT2D eigenvalue weighted by atomic mass is 10.1. The number of benzene rings is 1. The summed E-state index contributed by atoms with van der Waals surface area (Å²) in [6.45, 7) is 0.976. The van der Waals surface area contributed by atoms with Gasteiger partial charge >= 0.3 is 5.97 Å². The van der Waals surface area contributed by atoms with Crippen LogP contribution in [-0.2, 0) is 16.0 Å². The van der Waals surface area contributed by atoms with Gasteiger partial charge in [0.05, 0.1) is 11.6 Å². The highest BCUT2D eigenvalue weighted by molar-refractivity contribution is 5.99. The van der Waals surface area contributed by atoms with Crippen LogP contribution in [-0.4, -0.2) is 43.3 Å². The molecule has 1 aliphatic rings. The molecular formula is C14H18N2O4. The highest BCUT2D eigenvalue weighted by atomic mass is 16.5. The maximum atomic E-state index is 12.3. The van der Waals surface area contributed by atoms with Crippen molar-refractivity contribution in [3.05, 3.63) is 29.3 Å². The van der Waals surface area contributed by atoms with Gasteiger partial charge in [0.25, 0.3) is 0 Å². The Bertz CT molecular complexity index is 530. The molecule has 108 valence electrons. The van der Waals surface area contributed by atoms with Gasteiger partial charge in [0.1, 0.15) is 0 Å². The van der Waals surface area contributed by atoms with Crippen LogP contribution in [0.2, 0.25) is 0 Å². The predicted octanol–water partition coefficient (Wildman–Crippen LogP) is 0.638. The monoisotopic (exact) mass is 278 g/mol. The van der Waals surface area contributed by atoms with Gasteiger partial charge in [-0.2, -0.15) is 0 Å². The lowest BCUT2D eigenvalue weighted by Crippen LogP contribution is -2.43. The second-order valence-corrected chi connectivity index (χ2v) is 4.78.